The molecule has 146 valence electrons. The van der Waals surface area contributed by atoms with E-state index in [-0.39, 0.29) is 23.7 Å². The van der Waals surface area contributed by atoms with Crippen molar-refractivity contribution >= 4 is 22.9 Å². The molecule has 1 amide bonds. The fourth-order valence-corrected chi connectivity index (χ4v) is 3.59. The second-order valence-electron chi connectivity index (χ2n) is 7.15. The van der Waals surface area contributed by atoms with Crippen molar-refractivity contribution in [3.8, 4) is 0 Å². The molecule has 2 aromatic heterocycles. The maximum atomic E-state index is 12.9. The first-order chi connectivity index (χ1) is 12.9. The van der Waals surface area contributed by atoms with Gasteiger partial charge in [0.1, 0.15) is 18.6 Å². The maximum absolute atomic E-state index is 12.9. The van der Waals surface area contributed by atoms with Gasteiger partial charge in [0, 0.05) is 31.6 Å². The molecule has 2 fully saturated rings. The van der Waals surface area contributed by atoms with E-state index < -0.39 is 12.6 Å². The number of hydrogen-bond acceptors (Lipinski definition) is 5. The summed E-state index contributed by atoms with van der Waals surface area (Å²) in [7, 11) is 0. The molecule has 1 atom stereocenters. The van der Waals surface area contributed by atoms with Crippen LogP contribution in [-0.2, 0) is 17.8 Å². The molecule has 3 heterocycles. The number of amides is 1. The largest absolute Gasteiger partial charge is 0.396 e. The van der Waals surface area contributed by atoms with Crippen molar-refractivity contribution in [3.05, 3.63) is 12.2 Å². The number of imidazole rings is 1. The Kier molecular flexibility index (Phi) is 4.43. The van der Waals surface area contributed by atoms with Crippen LogP contribution in [0.15, 0.2) is 6.33 Å². The van der Waals surface area contributed by atoms with E-state index in [2.05, 4.69) is 20.3 Å². The van der Waals surface area contributed by atoms with Crippen LogP contribution >= 0.6 is 0 Å². The fourth-order valence-electron chi connectivity index (χ4n) is 3.59. The zero-order valence-corrected chi connectivity index (χ0v) is 15.0. The van der Waals surface area contributed by atoms with E-state index in [1.165, 1.54) is 10.9 Å². The number of nitrogens with one attached hydrogen (secondary N) is 1. The van der Waals surface area contributed by atoms with E-state index in [9.17, 15) is 18.0 Å². The van der Waals surface area contributed by atoms with Gasteiger partial charge in [-0.05, 0) is 26.2 Å². The molecule has 0 bridgehead atoms. The molecule has 4 rings (SSSR count). The number of carbonyl (C=O) groups excluding carboxylic acids is 1. The van der Waals surface area contributed by atoms with Gasteiger partial charge < -0.3 is 14.8 Å². The molecule has 7 nitrogen and oxygen atoms in total. The molecule has 1 aliphatic heterocycles. The third kappa shape index (κ3) is 3.70. The summed E-state index contributed by atoms with van der Waals surface area (Å²) in [5.41, 5.74) is 0.726. The van der Waals surface area contributed by atoms with Gasteiger partial charge >= 0.3 is 6.18 Å². The van der Waals surface area contributed by atoms with E-state index >= 15 is 0 Å². The van der Waals surface area contributed by atoms with Crippen molar-refractivity contribution in [2.75, 3.05) is 18.4 Å². The number of hydrogen-bond donors (Lipinski definition) is 1. The van der Waals surface area contributed by atoms with Gasteiger partial charge in [-0.25, -0.2) is 15.0 Å². The summed E-state index contributed by atoms with van der Waals surface area (Å²) in [5.74, 6) is 0.733. The van der Waals surface area contributed by atoms with Crippen LogP contribution in [0.3, 0.4) is 0 Å². The van der Waals surface area contributed by atoms with Crippen molar-refractivity contribution in [2.24, 2.45) is 5.92 Å². The Hall–Kier alpha value is -2.39. The highest BCUT2D eigenvalue weighted by atomic mass is 19.4. The van der Waals surface area contributed by atoms with Gasteiger partial charge in [-0.2, -0.15) is 13.2 Å². The maximum Gasteiger partial charge on any atom is 0.396 e. The van der Waals surface area contributed by atoms with Crippen LogP contribution in [0.1, 0.15) is 32.0 Å². The number of fused-ring (bicyclic) bond motifs is 1. The lowest BCUT2D eigenvalue weighted by molar-refractivity contribution is -0.131. The highest BCUT2D eigenvalue weighted by Gasteiger charge is 2.37. The lowest BCUT2D eigenvalue weighted by Gasteiger charge is -2.17. The molecule has 1 unspecified atom stereocenters. The normalized spacial score (nSPS) is 20.4. The molecule has 0 spiro atoms. The number of carbonyl (C=O) groups is 1. The predicted molar refractivity (Wildman–Crippen MR) is 92.1 cm³/mol. The van der Waals surface area contributed by atoms with E-state index in [1.807, 2.05) is 4.90 Å². The summed E-state index contributed by atoms with van der Waals surface area (Å²) < 4.78 is 40.0. The molecule has 1 aliphatic carbocycles. The first-order valence-corrected chi connectivity index (χ1v) is 9.18. The van der Waals surface area contributed by atoms with E-state index in [0.717, 1.165) is 19.3 Å². The van der Waals surface area contributed by atoms with E-state index in [1.54, 1.807) is 6.92 Å². The zero-order chi connectivity index (χ0) is 19.2. The average molecular weight is 382 g/mol. The van der Waals surface area contributed by atoms with Crippen LogP contribution in [0, 0.1) is 5.92 Å². The van der Waals surface area contributed by atoms with Gasteiger partial charge in [0.05, 0.1) is 0 Å². The van der Waals surface area contributed by atoms with Crippen LogP contribution < -0.4 is 5.32 Å². The molecule has 0 radical (unpaired) electrons. The van der Waals surface area contributed by atoms with Crippen LogP contribution in [-0.4, -0.2) is 55.6 Å². The topological polar surface area (TPSA) is 75.9 Å². The number of aromatic nitrogens is 4. The fraction of sp³-hybridized carbons (Fsp3) is 0.647. The second-order valence-corrected chi connectivity index (χ2v) is 7.15. The Morgan fingerprint density at radius 3 is 2.74 bits per heavy atom. The molecule has 27 heavy (non-hydrogen) atoms. The quantitative estimate of drug-likeness (QED) is 0.859. The van der Waals surface area contributed by atoms with Crippen LogP contribution in [0.25, 0.3) is 11.2 Å². The van der Waals surface area contributed by atoms with Gasteiger partial charge in [0.15, 0.2) is 17.0 Å². The molecule has 1 saturated heterocycles. The Labute approximate surface area is 154 Å². The van der Waals surface area contributed by atoms with Crippen molar-refractivity contribution < 1.29 is 18.0 Å². The Bertz CT molecular complexity index is 860. The first-order valence-electron chi connectivity index (χ1n) is 9.18. The first kappa shape index (κ1) is 18.0. The summed E-state index contributed by atoms with van der Waals surface area (Å²) in [6, 6.07) is 0.00337. The van der Waals surface area contributed by atoms with Crippen molar-refractivity contribution in [3.63, 3.8) is 0 Å². The zero-order valence-electron chi connectivity index (χ0n) is 15.0. The number of likely N-dealkylation sites (tertiary alicyclic amines) is 1. The molecule has 1 N–H and O–H groups in total. The number of rotatable bonds is 5. The molecule has 2 aliphatic rings. The third-order valence-corrected chi connectivity index (χ3v) is 5.05. The lowest BCUT2D eigenvalue weighted by atomic mass is 10.2. The smallest absolute Gasteiger partial charge is 0.364 e. The monoisotopic (exact) mass is 382 g/mol. The van der Waals surface area contributed by atoms with Crippen molar-refractivity contribution in [1.82, 2.24) is 24.4 Å². The third-order valence-electron chi connectivity index (χ3n) is 5.05. The summed E-state index contributed by atoms with van der Waals surface area (Å²) in [4.78, 5) is 26.5. The lowest BCUT2D eigenvalue weighted by Crippen LogP contribution is -2.32. The van der Waals surface area contributed by atoms with Gasteiger partial charge in [-0.1, -0.05) is 0 Å². The molecule has 1 saturated carbocycles. The molecule has 2 aromatic rings. The van der Waals surface area contributed by atoms with Crippen LogP contribution in [0.2, 0.25) is 0 Å². The van der Waals surface area contributed by atoms with Gasteiger partial charge in [-0.3, -0.25) is 4.79 Å². The summed E-state index contributed by atoms with van der Waals surface area (Å²) in [6.07, 6.45) is -1.41. The average Bonchev–Trinajstić information content (AvgIpc) is 3.25. The Morgan fingerprint density at radius 2 is 2.07 bits per heavy atom. The van der Waals surface area contributed by atoms with Crippen molar-refractivity contribution in [1.29, 1.82) is 0 Å². The number of halogens is 3. The molecule has 10 heteroatoms. The van der Waals surface area contributed by atoms with E-state index in [4.69, 9.17) is 0 Å². The minimum absolute atomic E-state index is 0.00337. The Morgan fingerprint density at radius 1 is 1.30 bits per heavy atom. The molecular formula is C17H21F3N6O. The number of alkyl halides is 3. The summed E-state index contributed by atoms with van der Waals surface area (Å²) >= 11 is 0. The van der Waals surface area contributed by atoms with Crippen LogP contribution in [0.4, 0.5) is 19.0 Å². The van der Waals surface area contributed by atoms with Gasteiger partial charge in [-0.15, -0.1) is 0 Å². The molecular weight excluding hydrogens is 361 g/mol. The number of nitrogens with zero attached hydrogens (tertiary/aromatic N) is 5. The molecule has 0 aromatic carbocycles. The second kappa shape index (κ2) is 6.65. The standard InChI is InChI=1S/C17H21F3N6O/c1-2-26-12(7-17(18,19)20)24-13-14(21-9-22-15(13)26)23-11-5-6-25(8-11)16(27)10-3-4-10/h9-11H,2-8H2,1H3,(H,21,22,23). The highest BCUT2D eigenvalue weighted by Crippen LogP contribution is 2.32. The minimum atomic E-state index is -4.34. The number of aryl methyl sites for hydroxylation is 1. The number of anilines is 1. The van der Waals surface area contributed by atoms with Gasteiger partial charge in [0.25, 0.3) is 0 Å². The minimum Gasteiger partial charge on any atom is -0.364 e. The van der Waals surface area contributed by atoms with Crippen molar-refractivity contribution in [2.45, 2.75) is 51.4 Å². The highest BCUT2D eigenvalue weighted by molar-refractivity contribution is 5.84. The van der Waals surface area contributed by atoms with E-state index in [0.29, 0.717) is 36.6 Å². The predicted octanol–water partition coefficient (Wildman–Crippen LogP) is 2.37. The van der Waals surface area contributed by atoms with Crippen LogP contribution in [0.5, 0.6) is 0 Å². The Balaban J connectivity index is 1.56. The summed E-state index contributed by atoms with van der Waals surface area (Å²) in [6.45, 7) is 3.36. The SMILES string of the molecule is CCn1c(CC(F)(F)F)nc2c(NC3CCN(C(=O)C4CC4)C3)ncnc21. The van der Waals surface area contributed by atoms with Gasteiger partial charge in [0.2, 0.25) is 5.91 Å². The summed E-state index contributed by atoms with van der Waals surface area (Å²) in [5, 5.41) is 3.25.